The number of nitrogens with zero attached hydrogens (tertiary/aromatic N) is 3. The first-order valence-electron chi connectivity index (χ1n) is 9.26. The fourth-order valence-electron chi connectivity index (χ4n) is 3.75. The lowest BCUT2D eigenvalue weighted by atomic mass is 9.81. The quantitative estimate of drug-likeness (QED) is 0.516. The third-order valence-electron chi connectivity index (χ3n) is 4.97. The highest BCUT2D eigenvalue weighted by Gasteiger charge is 2.37. The zero-order valence-corrected chi connectivity index (χ0v) is 15.5. The van der Waals surface area contributed by atoms with E-state index in [2.05, 4.69) is 25.8 Å². The predicted octanol–water partition coefficient (Wildman–Crippen LogP) is 3.48. The molecule has 0 fully saturated rings. The van der Waals surface area contributed by atoms with Crippen molar-refractivity contribution in [2.45, 2.75) is 12.8 Å². The van der Waals surface area contributed by atoms with E-state index in [1.165, 1.54) is 0 Å². The first-order valence-corrected chi connectivity index (χ1v) is 9.26. The summed E-state index contributed by atoms with van der Waals surface area (Å²) >= 11 is 0. The largest absolute Gasteiger partial charge is 0.463 e. The molecule has 5 rings (SSSR count). The summed E-state index contributed by atoms with van der Waals surface area (Å²) in [6.07, 6.45) is 1.71. The summed E-state index contributed by atoms with van der Waals surface area (Å²) in [5.41, 5.74) is 4.86. The van der Waals surface area contributed by atoms with Crippen LogP contribution in [0.2, 0.25) is 0 Å². The Morgan fingerprint density at radius 3 is 2.79 bits per heavy atom. The number of fused-ring (bicyclic) bond motifs is 2. The Bertz CT molecular complexity index is 1230. The summed E-state index contributed by atoms with van der Waals surface area (Å²) in [5, 5.41) is 18.5. The minimum absolute atomic E-state index is 0.269. The van der Waals surface area contributed by atoms with Crippen LogP contribution >= 0.6 is 0 Å². The normalized spacial score (nSPS) is 15.8. The molecule has 8 nitrogen and oxygen atoms in total. The molecule has 1 aliphatic rings. The average Bonchev–Trinajstić information content (AvgIpc) is 3.42. The number of aromatic nitrogens is 4. The molecule has 3 heterocycles. The van der Waals surface area contributed by atoms with E-state index in [1.54, 1.807) is 13.1 Å². The summed E-state index contributed by atoms with van der Waals surface area (Å²) in [7, 11) is 0. The molecule has 1 atom stereocenters. The van der Waals surface area contributed by atoms with Crippen molar-refractivity contribution in [3.63, 3.8) is 0 Å². The minimum Gasteiger partial charge on any atom is -0.463 e. The number of rotatable bonds is 4. The van der Waals surface area contributed by atoms with Gasteiger partial charge in [0.15, 0.2) is 0 Å². The molecule has 0 aliphatic carbocycles. The van der Waals surface area contributed by atoms with Crippen LogP contribution in [0.1, 0.15) is 29.5 Å². The van der Waals surface area contributed by atoms with E-state index in [-0.39, 0.29) is 6.61 Å². The van der Waals surface area contributed by atoms with Gasteiger partial charge in [-0.1, -0.05) is 42.5 Å². The molecule has 4 aromatic rings. The molecule has 0 amide bonds. The molecule has 2 N–H and O–H groups in total. The maximum absolute atomic E-state index is 13.2. The maximum Gasteiger partial charge on any atom is 0.337 e. The fourth-order valence-corrected chi connectivity index (χ4v) is 3.75. The number of carbonyl (C=O) groups excluding carboxylic acids is 1. The van der Waals surface area contributed by atoms with Gasteiger partial charge in [-0.2, -0.15) is 5.10 Å². The van der Waals surface area contributed by atoms with Crippen molar-refractivity contribution in [1.82, 2.24) is 20.5 Å². The van der Waals surface area contributed by atoms with Gasteiger partial charge in [-0.05, 0) is 34.4 Å². The summed E-state index contributed by atoms with van der Waals surface area (Å²) in [4.78, 5) is 13.2. The second-order valence-corrected chi connectivity index (χ2v) is 6.61. The summed E-state index contributed by atoms with van der Waals surface area (Å²) in [6.45, 7) is 2.06. The van der Waals surface area contributed by atoms with Crippen molar-refractivity contribution in [3.8, 4) is 0 Å². The molecule has 0 saturated heterocycles. The highest BCUT2D eigenvalue weighted by atomic mass is 16.6. The van der Waals surface area contributed by atoms with Gasteiger partial charge in [0.1, 0.15) is 16.9 Å². The molecule has 0 spiro atoms. The standard InChI is InChI=1S/C21H17N5O3/c1-2-28-21(27)17-16(13-9-6-10-15-19(13)26-29-25-15)14-11-22-24-20(14)23-18(17)12-7-4-3-5-8-12/h3-11,16H,2H2,1H3,(H2,22,23,24). The summed E-state index contributed by atoms with van der Waals surface area (Å²) in [6, 6.07) is 15.3. The van der Waals surface area contributed by atoms with Gasteiger partial charge in [-0.15, -0.1) is 0 Å². The van der Waals surface area contributed by atoms with E-state index in [0.717, 1.165) is 22.5 Å². The lowest BCUT2D eigenvalue weighted by Crippen LogP contribution is -2.24. The number of ether oxygens (including phenoxy) is 1. The van der Waals surface area contributed by atoms with Crippen molar-refractivity contribution >= 4 is 28.5 Å². The van der Waals surface area contributed by atoms with Crippen molar-refractivity contribution in [2.75, 3.05) is 11.9 Å². The summed E-state index contributed by atoms with van der Waals surface area (Å²) in [5.74, 6) is -0.130. The number of carbonyl (C=O) groups is 1. The monoisotopic (exact) mass is 387 g/mol. The molecule has 8 heteroatoms. The zero-order chi connectivity index (χ0) is 19.8. The van der Waals surface area contributed by atoms with Gasteiger partial charge in [-0.3, -0.25) is 5.10 Å². The van der Waals surface area contributed by atoms with E-state index < -0.39 is 11.9 Å². The molecular weight excluding hydrogens is 370 g/mol. The van der Waals surface area contributed by atoms with Gasteiger partial charge < -0.3 is 10.1 Å². The van der Waals surface area contributed by atoms with Crippen LogP contribution in [0.15, 0.2) is 64.9 Å². The lowest BCUT2D eigenvalue weighted by molar-refractivity contribution is -0.138. The number of nitrogens with one attached hydrogen (secondary N) is 2. The van der Waals surface area contributed by atoms with Gasteiger partial charge in [0.05, 0.1) is 30.0 Å². The Morgan fingerprint density at radius 1 is 1.10 bits per heavy atom. The molecule has 29 heavy (non-hydrogen) atoms. The van der Waals surface area contributed by atoms with E-state index in [1.807, 2.05) is 48.5 Å². The van der Waals surface area contributed by atoms with Gasteiger partial charge >= 0.3 is 5.97 Å². The third kappa shape index (κ3) is 2.77. The molecule has 0 radical (unpaired) electrons. The number of hydrogen-bond acceptors (Lipinski definition) is 7. The molecule has 0 bridgehead atoms. The van der Waals surface area contributed by atoms with Crippen molar-refractivity contribution < 1.29 is 14.2 Å². The summed E-state index contributed by atoms with van der Waals surface area (Å²) < 4.78 is 10.4. The van der Waals surface area contributed by atoms with Gasteiger partial charge in [-0.25, -0.2) is 9.42 Å². The highest BCUT2D eigenvalue weighted by Crippen LogP contribution is 2.45. The smallest absolute Gasteiger partial charge is 0.337 e. The predicted molar refractivity (Wildman–Crippen MR) is 106 cm³/mol. The third-order valence-corrected chi connectivity index (χ3v) is 4.97. The van der Waals surface area contributed by atoms with Gasteiger partial charge in [0, 0.05) is 5.56 Å². The number of esters is 1. The van der Waals surface area contributed by atoms with Crippen LogP contribution in [0.25, 0.3) is 16.7 Å². The Hall–Kier alpha value is -3.94. The van der Waals surface area contributed by atoms with Crippen LogP contribution in [-0.2, 0) is 9.53 Å². The topological polar surface area (TPSA) is 106 Å². The van der Waals surface area contributed by atoms with E-state index in [9.17, 15) is 4.79 Å². The second kappa shape index (κ2) is 6.90. The Kier molecular flexibility index (Phi) is 4.09. The van der Waals surface area contributed by atoms with Crippen molar-refractivity contribution in [2.24, 2.45) is 0 Å². The molecule has 144 valence electrons. The Labute approximate surface area is 165 Å². The second-order valence-electron chi connectivity index (χ2n) is 6.61. The van der Waals surface area contributed by atoms with Crippen molar-refractivity contribution in [3.05, 3.63) is 77.0 Å². The van der Waals surface area contributed by atoms with Gasteiger partial charge in [0.2, 0.25) is 0 Å². The number of hydrogen-bond donors (Lipinski definition) is 2. The molecule has 0 saturated carbocycles. The molecular formula is C21H17N5O3. The number of benzene rings is 2. The first kappa shape index (κ1) is 17.2. The number of anilines is 1. The minimum atomic E-state index is -0.449. The van der Waals surface area contributed by atoms with Crippen LogP contribution in [0.3, 0.4) is 0 Å². The van der Waals surface area contributed by atoms with E-state index in [0.29, 0.717) is 22.3 Å². The molecule has 1 aliphatic heterocycles. The zero-order valence-electron chi connectivity index (χ0n) is 15.5. The van der Waals surface area contributed by atoms with Crippen LogP contribution in [0.5, 0.6) is 0 Å². The lowest BCUT2D eigenvalue weighted by Gasteiger charge is -2.28. The Morgan fingerprint density at radius 2 is 1.97 bits per heavy atom. The highest BCUT2D eigenvalue weighted by molar-refractivity contribution is 6.05. The average molecular weight is 387 g/mol. The maximum atomic E-state index is 13.2. The SMILES string of the molecule is CCOC(=O)C1=C(c2ccccc2)Nc2[nH]ncc2C1c1cccc2nonc12. The first-order chi connectivity index (χ1) is 14.3. The van der Waals surface area contributed by atoms with Crippen molar-refractivity contribution in [1.29, 1.82) is 0 Å². The molecule has 2 aromatic heterocycles. The van der Waals surface area contributed by atoms with Gasteiger partial charge in [0.25, 0.3) is 0 Å². The number of aromatic amines is 1. The number of H-pyrrole nitrogens is 1. The molecule has 2 aromatic carbocycles. The Balaban J connectivity index is 1.81. The van der Waals surface area contributed by atoms with Crippen LogP contribution in [0, 0.1) is 0 Å². The van der Waals surface area contributed by atoms with E-state index in [4.69, 9.17) is 9.37 Å². The van der Waals surface area contributed by atoms with Crippen LogP contribution in [-0.4, -0.2) is 33.1 Å². The van der Waals surface area contributed by atoms with E-state index >= 15 is 0 Å². The fraction of sp³-hybridized carbons (Fsp3) is 0.143. The van der Waals surface area contributed by atoms with Crippen LogP contribution < -0.4 is 5.32 Å². The van der Waals surface area contributed by atoms with Crippen LogP contribution in [0.4, 0.5) is 5.82 Å². The molecule has 1 unspecified atom stereocenters.